The molecule has 0 aromatic rings. The lowest BCUT2D eigenvalue weighted by Crippen LogP contribution is -2.43. The Bertz CT molecular complexity index is 409. The van der Waals surface area contributed by atoms with Crippen LogP contribution in [0.4, 0.5) is 0 Å². The van der Waals surface area contributed by atoms with Crippen molar-refractivity contribution in [1.29, 1.82) is 0 Å². The second kappa shape index (κ2) is 7.80. The predicted octanol–water partition coefficient (Wildman–Crippen LogP) is 4.94. The van der Waals surface area contributed by atoms with E-state index in [0.29, 0.717) is 0 Å². The summed E-state index contributed by atoms with van der Waals surface area (Å²) in [6.45, 7) is 3.27. The first-order chi connectivity index (χ1) is 9.09. The minimum atomic E-state index is -3.50. The van der Waals surface area contributed by atoms with Gasteiger partial charge < -0.3 is 0 Å². The molecule has 120 valence electrons. The van der Waals surface area contributed by atoms with Crippen molar-refractivity contribution in [3.63, 3.8) is 0 Å². The Balaban J connectivity index is 3.01. The van der Waals surface area contributed by atoms with Crippen LogP contribution >= 0.6 is 58.4 Å². The van der Waals surface area contributed by atoms with Crippen LogP contribution in [-0.2, 0) is 10.0 Å². The predicted molar refractivity (Wildman–Crippen MR) is 90.3 cm³/mol. The highest BCUT2D eigenvalue weighted by Gasteiger charge is 2.43. The largest absolute Gasteiger partial charge is 0.226 e. The number of hydrogen-bond donors (Lipinski definition) is 0. The Kier molecular flexibility index (Phi) is 7.59. The molecule has 9 heteroatoms. The highest BCUT2D eigenvalue weighted by molar-refractivity contribution is 8.11. The highest BCUT2D eigenvalue weighted by atomic mass is 35.5. The number of sulfonamides is 1. The van der Waals surface area contributed by atoms with Gasteiger partial charge in [0.15, 0.2) is 4.84 Å². The first kappa shape index (κ1) is 19.5. The first-order valence-corrected chi connectivity index (χ1v) is 10.4. The molecule has 0 saturated heterocycles. The van der Waals surface area contributed by atoms with Gasteiger partial charge in [-0.1, -0.05) is 42.5 Å². The van der Waals surface area contributed by atoms with Gasteiger partial charge in [0.05, 0.1) is 5.25 Å². The lowest BCUT2D eigenvalue weighted by atomic mass is 9.96. The molecular weight excluding hydrogens is 384 g/mol. The summed E-state index contributed by atoms with van der Waals surface area (Å²) in [5.41, 5.74) is 0. The van der Waals surface area contributed by atoms with Crippen molar-refractivity contribution in [3.05, 3.63) is 0 Å². The second-order valence-electron chi connectivity index (χ2n) is 5.09. The van der Waals surface area contributed by atoms with Gasteiger partial charge in [-0.2, -0.15) is 0 Å². The molecule has 0 atom stereocenters. The maximum Gasteiger partial charge on any atom is 0.226 e. The summed E-state index contributed by atoms with van der Waals surface area (Å²) in [7, 11) is -3.50. The van der Waals surface area contributed by atoms with Gasteiger partial charge in [-0.05, 0) is 38.6 Å². The quantitative estimate of drug-likeness (QED) is 0.466. The van der Waals surface area contributed by atoms with Gasteiger partial charge >= 0.3 is 0 Å². The zero-order valence-electron chi connectivity index (χ0n) is 11.4. The van der Waals surface area contributed by atoms with E-state index in [1.54, 1.807) is 13.8 Å². The third-order valence-corrected chi connectivity index (χ3v) is 9.19. The average molecular weight is 403 g/mol. The molecule has 1 aliphatic carbocycles. The van der Waals surface area contributed by atoms with Gasteiger partial charge in [-0.3, -0.25) is 0 Å². The van der Waals surface area contributed by atoms with Crippen LogP contribution in [0, 0.1) is 0 Å². The average Bonchev–Trinajstić information content (AvgIpc) is 2.36. The van der Waals surface area contributed by atoms with Crippen LogP contribution in [0.5, 0.6) is 0 Å². The van der Waals surface area contributed by atoms with Crippen LogP contribution in [0.25, 0.3) is 0 Å². The smallest absolute Gasteiger partial charge is 0.211 e. The van der Waals surface area contributed by atoms with Gasteiger partial charge in [-0.25, -0.2) is 8.42 Å². The Morgan fingerprint density at radius 2 is 1.65 bits per heavy atom. The first-order valence-electron chi connectivity index (χ1n) is 6.47. The lowest BCUT2D eigenvalue weighted by Gasteiger charge is -2.36. The lowest BCUT2D eigenvalue weighted by molar-refractivity contribution is 0.343. The Morgan fingerprint density at radius 1 is 1.15 bits per heavy atom. The summed E-state index contributed by atoms with van der Waals surface area (Å²) in [6.07, 6.45) is 4.73. The minimum Gasteiger partial charge on any atom is -0.211 e. The van der Waals surface area contributed by atoms with E-state index in [4.69, 9.17) is 46.4 Å². The van der Waals surface area contributed by atoms with E-state index >= 15 is 0 Å². The van der Waals surface area contributed by atoms with Crippen LogP contribution in [0.15, 0.2) is 0 Å². The normalized spacial score (nSPS) is 19.2. The molecule has 0 bridgehead atoms. The zero-order valence-corrected chi connectivity index (χ0v) is 16.0. The molecule has 3 nitrogen and oxygen atoms in total. The monoisotopic (exact) mass is 401 g/mol. The molecular formula is C11H19Cl4NO2S2. The molecule has 0 unspecified atom stereocenters. The number of nitrogens with zero attached hydrogens (tertiary/aromatic N) is 1. The molecule has 1 aliphatic rings. The third kappa shape index (κ3) is 4.97. The molecule has 20 heavy (non-hydrogen) atoms. The fraction of sp³-hybridized carbons (Fsp3) is 1.00. The van der Waals surface area contributed by atoms with Crippen molar-refractivity contribution in [1.82, 2.24) is 3.71 Å². The summed E-state index contributed by atoms with van der Waals surface area (Å²) in [6, 6.07) is -0.106. The SMILES string of the molecule is CC(C)S(=O)(=O)N(SC(Cl)(Cl)C(Cl)Cl)C1CCCCC1. The van der Waals surface area contributed by atoms with Crippen LogP contribution in [-0.4, -0.2) is 31.9 Å². The van der Waals surface area contributed by atoms with Gasteiger partial charge in [0.25, 0.3) is 0 Å². The molecule has 0 radical (unpaired) electrons. The van der Waals surface area contributed by atoms with E-state index in [-0.39, 0.29) is 6.04 Å². The Labute approximate surface area is 145 Å². The fourth-order valence-corrected chi connectivity index (χ4v) is 5.93. The highest BCUT2D eigenvalue weighted by Crippen LogP contribution is 2.47. The molecule has 0 heterocycles. The maximum absolute atomic E-state index is 12.5. The molecule has 1 fully saturated rings. The summed E-state index contributed by atoms with van der Waals surface area (Å²) < 4.78 is 24.8. The van der Waals surface area contributed by atoms with E-state index < -0.39 is 23.8 Å². The molecule has 0 aliphatic heterocycles. The van der Waals surface area contributed by atoms with E-state index in [1.165, 1.54) is 3.71 Å². The van der Waals surface area contributed by atoms with Crippen LogP contribution in [0.2, 0.25) is 0 Å². The van der Waals surface area contributed by atoms with E-state index in [0.717, 1.165) is 44.1 Å². The van der Waals surface area contributed by atoms with Crippen molar-refractivity contribution < 1.29 is 8.42 Å². The third-order valence-electron chi connectivity index (χ3n) is 3.19. The molecule has 1 rings (SSSR count). The molecule has 0 amide bonds. The van der Waals surface area contributed by atoms with Gasteiger partial charge in [0.2, 0.25) is 13.7 Å². The van der Waals surface area contributed by atoms with Crippen LogP contribution < -0.4 is 0 Å². The van der Waals surface area contributed by atoms with E-state index in [1.807, 2.05) is 0 Å². The summed E-state index contributed by atoms with van der Waals surface area (Å²) >= 11 is 24.4. The van der Waals surface area contributed by atoms with Gasteiger partial charge in [0, 0.05) is 6.04 Å². The molecule has 0 spiro atoms. The standard InChI is InChI=1S/C11H19Cl4NO2S2/c1-8(2)20(17,18)16(9-6-4-3-5-7-9)19-11(14,15)10(12)13/h8-10H,3-7H2,1-2H3. The van der Waals surface area contributed by atoms with Crippen LogP contribution in [0.1, 0.15) is 46.0 Å². The zero-order chi connectivity index (χ0) is 15.6. The number of alkyl halides is 4. The van der Waals surface area contributed by atoms with Crippen molar-refractivity contribution >= 4 is 68.4 Å². The van der Waals surface area contributed by atoms with E-state index in [9.17, 15) is 8.42 Å². The number of hydrogen-bond acceptors (Lipinski definition) is 3. The van der Waals surface area contributed by atoms with Crippen molar-refractivity contribution in [2.45, 2.75) is 65.7 Å². The topological polar surface area (TPSA) is 37.4 Å². The van der Waals surface area contributed by atoms with E-state index in [2.05, 4.69) is 0 Å². The number of rotatable bonds is 6. The van der Waals surface area contributed by atoms with Gasteiger partial charge in [-0.15, -0.1) is 26.9 Å². The van der Waals surface area contributed by atoms with Crippen molar-refractivity contribution in [2.75, 3.05) is 0 Å². The second-order valence-corrected chi connectivity index (χ2v) is 11.8. The van der Waals surface area contributed by atoms with Crippen molar-refractivity contribution in [3.8, 4) is 0 Å². The Morgan fingerprint density at radius 3 is 2.05 bits per heavy atom. The fourth-order valence-electron chi connectivity index (χ4n) is 1.99. The van der Waals surface area contributed by atoms with Crippen molar-refractivity contribution in [2.24, 2.45) is 0 Å². The Hall–Kier alpha value is 1.42. The molecule has 1 saturated carbocycles. The maximum atomic E-state index is 12.5. The van der Waals surface area contributed by atoms with Gasteiger partial charge in [0.1, 0.15) is 0 Å². The van der Waals surface area contributed by atoms with Crippen LogP contribution in [0.3, 0.4) is 0 Å². The number of halogens is 4. The molecule has 0 N–H and O–H groups in total. The summed E-state index contributed by atoms with van der Waals surface area (Å²) in [4.78, 5) is -1.09. The summed E-state index contributed by atoms with van der Waals surface area (Å²) in [5, 5.41) is -0.551. The molecule has 0 aromatic carbocycles. The minimum absolute atomic E-state index is 0.106. The summed E-state index contributed by atoms with van der Waals surface area (Å²) in [5.74, 6) is 0. The molecule has 0 aromatic heterocycles.